The molecule has 2 amide bonds. The van der Waals surface area contributed by atoms with E-state index in [1.54, 1.807) is 35.2 Å². The summed E-state index contributed by atoms with van der Waals surface area (Å²) < 4.78 is 5.55. The van der Waals surface area contributed by atoms with E-state index in [-0.39, 0.29) is 30.9 Å². The molecule has 0 aromatic heterocycles. The van der Waals surface area contributed by atoms with E-state index in [9.17, 15) is 9.59 Å². The van der Waals surface area contributed by atoms with E-state index in [0.717, 1.165) is 0 Å². The molecule has 124 valence electrons. The van der Waals surface area contributed by atoms with Crippen LogP contribution in [0.1, 0.15) is 13.3 Å². The Bertz CT molecular complexity index is 778. The number of benzene rings is 2. The number of carbonyl (C=O) groups excluding carboxylic acids is 2. The van der Waals surface area contributed by atoms with Gasteiger partial charge in [0.05, 0.1) is 16.4 Å². The highest BCUT2D eigenvalue weighted by atomic mass is 35.5. The van der Waals surface area contributed by atoms with Crippen LogP contribution >= 0.6 is 11.6 Å². The summed E-state index contributed by atoms with van der Waals surface area (Å²) in [5.74, 6) is 0.112. The van der Waals surface area contributed by atoms with Gasteiger partial charge in [-0.25, -0.2) is 0 Å². The lowest BCUT2D eigenvalue weighted by Crippen LogP contribution is -2.41. The second-order valence-corrected chi connectivity index (χ2v) is 6.01. The number of para-hydroxylation sites is 3. The Morgan fingerprint density at radius 3 is 2.75 bits per heavy atom. The Kier molecular flexibility index (Phi) is 4.71. The Labute approximate surface area is 145 Å². The summed E-state index contributed by atoms with van der Waals surface area (Å²) in [5, 5.41) is 3.28. The lowest BCUT2D eigenvalue weighted by Gasteiger charge is -2.27. The van der Waals surface area contributed by atoms with Crippen LogP contribution in [0, 0.1) is 0 Å². The zero-order chi connectivity index (χ0) is 17.1. The van der Waals surface area contributed by atoms with Crippen LogP contribution in [0.3, 0.4) is 0 Å². The quantitative estimate of drug-likeness (QED) is 0.927. The summed E-state index contributed by atoms with van der Waals surface area (Å²) in [7, 11) is 0. The molecule has 2 aromatic rings. The number of hydrogen-bond acceptors (Lipinski definition) is 3. The van der Waals surface area contributed by atoms with Crippen molar-refractivity contribution in [3.8, 4) is 5.75 Å². The van der Waals surface area contributed by atoms with Crippen molar-refractivity contribution in [2.75, 3.05) is 16.8 Å². The first-order valence-corrected chi connectivity index (χ1v) is 8.02. The van der Waals surface area contributed by atoms with E-state index in [1.807, 2.05) is 25.1 Å². The molecule has 0 unspecified atom stereocenters. The smallest absolute Gasteiger partial charge is 0.265 e. The number of amides is 2. The Hall–Kier alpha value is -2.53. The molecule has 0 radical (unpaired) electrons. The molecule has 1 N–H and O–H groups in total. The van der Waals surface area contributed by atoms with E-state index in [2.05, 4.69) is 5.32 Å². The fraction of sp³-hybridized carbons (Fsp3) is 0.222. The third kappa shape index (κ3) is 3.36. The number of anilines is 2. The number of halogens is 1. The van der Waals surface area contributed by atoms with E-state index in [0.29, 0.717) is 22.1 Å². The Balaban J connectivity index is 1.83. The normalized spacial score (nSPS) is 16.8. The molecule has 1 heterocycles. The van der Waals surface area contributed by atoms with Crippen molar-refractivity contribution >= 4 is 34.8 Å². The minimum absolute atomic E-state index is 0.114. The summed E-state index contributed by atoms with van der Waals surface area (Å²) in [4.78, 5) is 26.3. The van der Waals surface area contributed by atoms with Crippen molar-refractivity contribution in [1.82, 2.24) is 0 Å². The highest BCUT2D eigenvalue weighted by molar-refractivity contribution is 6.32. The van der Waals surface area contributed by atoms with Crippen LogP contribution in [-0.4, -0.2) is 24.5 Å². The van der Waals surface area contributed by atoms with Gasteiger partial charge in [0.25, 0.3) is 5.91 Å². The standard InChI is InChI=1S/C18H17ClN2O3/c1-12-10-17(22)20-14-7-3-4-8-15(14)21(12)18(23)11-24-16-9-5-2-6-13(16)19/h2-9,12H,10-11H2,1H3,(H,20,22)/t12-/m0/s1. The molecule has 0 saturated heterocycles. The summed E-state index contributed by atoms with van der Waals surface area (Å²) >= 11 is 6.04. The maximum atomic E-state index is 12.7. The van der Waals surface area contributed by atoms with Gasteiger partial charge >= 0.3 is 0 Å². The molecule has 2 aromatic carbocycles. The van der Waals surface area contributed by atoms with E-state index in [1.165, 1.54) is 0 Å². The SMILES string of the molecule is C[C@H]1CC(=O)Nc2ccccc2N1C(=O)COc1ccccc1Cl. The number of nitrogens with one attached hydrogen (secondary N) is 1. The van der Waals surface area contributed by atoms with E-state index in [4.69, 9.17) is 16.3 Å². The molecule has 0 fully saturated rings. The van der Waals surface area contributed by atoms with Gasteiger partial charge in [0.1, 0.15) is 5.75 Å². The van der Waals surface area contributed by atoms with Crippen LogP contribution < -0.4 is 15.0 Å². The van der Waals surface area contributed by atoms with Gasteiger partial charge in [-0.05, 0) is 31.2 Å². The zero-order valence-corrected chi connectivity index (χ0v) is 13.9. The molecule has 1 atom stereocenters. The molecular formula is C18H17ClN2O3. The van der Waals surface area contributed by atoms with Crippen LogP contribution in [0.15, 0.2) is 48.5 Å². The lowest BCUT2D eigenvalue weighted by molar-refractivity contribution is -0.121. The van der Waals surface area contributed by atoms with Crippen molar-refractivity contribution in [3.63, 3.8) is 0 Å². The molecule has 0 saturated carbocycles. The Morgan fingerprint density at radius 1 is 1.25 bits per heavy atom. The third-order valence-corrected chi connectivity index (χ3v) is 4.13. The molecular weight excluding hydrogens is 328 g/mol. The molecule has 6 heteroatoms. The van der Waals surface area contributed by atoms with Crippen LogP contribution in [0.2, 0.25) is 5.02 Å². The van der Waals surface area contributed by atoms with Crippen LogP contribution in [0.25, 0.3) is 0 Å². The topological polar surface area (TPSA) is 58.6 Å². The number of fused-ring (bicyclic) bond motifs is 1. The van der Waals surface area contributed by atoms with Gasteiger partial charge < -0.3 is 15.0 Å². The second-order valence-electron chi connectivity index (χ2n) is 5.60. The largest absolute Gasteiger partial charge is 0.482 e. The monoisotopic (exact) mass is 344 g/mol. The summed E-state index contributed by atoms with van der Waals surface area (Å²) in [5.41, 5.74) is 1.29. The van der Waals surface area contributed by atoms with Crippen molar-refractivity contribution in [2.24, 2.45) is 0 Å². The van der Waals surface area contributed by atoms with Crippen LogP contribution in [0.5, 0.6) is 5.75 Å². The maximum Gasteiger partial charge on any atom is 0.265 e. The minimum Gasteiger partial charge on any atom is -0.482 e. The summed E-state index contributed by atoms with van der Waals surface area (Å²) in [6, 6.07) is 14.0. The molecule has 1 aliphatic rings. The minimum atomic E-state index is -0.268. The predicted molar refractivity (Wildman–Crippen MR) is 93.6 cm³/mol. The molecule has 0 bridgehead atoms. The van der Waals surface area contributed by atoms with Gasteiger partial charge in [0.2, 0.25) is 5.91 Å². The van der Waals surface area contributed by atoms with Gasteiger partial charge in [0, 0.05) is 12.5 Å². The molecule has 24 heavy (non-hydrogen) atoms. The fourth-order valence-corrected chi connectivity index (χ4v) is 2.93. The molecule has 5 nitrogen and oxygen atoms in total. The first kappa shape index (κ1) is 16.3. The van der Waals surface area contributed by atoms with Crippen molar-refractivity contribution < 1.29 is 14.3 Å². The van der Waals surface area contributed by atoms with Crippen molar-refractivity contribution in [1.29, 1.82) is 0 Å². The Morgan fingerprint density at radius 2 is 1.96 bits per heavy atom. The molecule has 1 aliphatic heterocycles. The number of rotatable bonds is 3. The van der Waals surface area contributed by atoms with Crippen LogP contribution in [0.4, 0.5) is 11.4 Å². The van der Waals surface area contributed by atoms with Crippen molar-refractivity contribution in [2.45, 2.75) is 19.4 Å². The maximum absolute atomic E-state index is 12.7. The molecule has 3 rings (SSSR count). The average Bonchev–Trinajstić information content (AvgIpc) is 2.68. The molecule has 0 spiro atoms. The predicted octanol–water partition coefficient (Wildman–Crippen LogP) is 3.48. The van der Waals surface area contributed by atoms with Gasteiger partial charge in [0.15, 0.2) is 6.61 Å². The van der Waals surface area contributed by atoms with Crippen molar-refractivity contribution in [3.05, 3.63) is 53.6 Å². The first-order chi connectivity index (χ1) is 11.6. The fourth-order valence-electron chi connectivity index (χ4n) is 2.74. The number of carbonyl (C=O) groups is 2. The molecule has 0 aliphatic carbocycles. The van der Waals surface area contributed by atoms with Crippen LogP contribution in [-0.2, 0) is 9.59 Å². The van der Waals surface area contributed by atoms with Gasteiger partial charge in [-0.3, -0.25) is 9.59 Å². The zero-order valence-electron chi connectivity index (χ0n) is 13.2. The van der Waals surface area contributed by atoms with E-state index >= 15 is 0 Å². The first-order valence-electron chi connectivity index (χ1n) is 7.64. The summed E-state index contributed by atoms with van der Waals surface area (Å²) in [6.45, 7) is 1.69. The number of ether oxygens (including phenoxy) is 1. The number of hydrogen-bond donors (Lipinski definition) is 1. The van der Waals surface area contributed by atoms with Gasteiger partial charge in [-0.15, -0.1) is 0 Å². The number of nitrogens with zero attached hydrogens (tertiary/aromatic N) is 1. The van der Waals surface area contributed by atoms with E-state index < -0.39 is 0 Å². The average molecular weight is 345 g/mol. The highest BCUT2D eigenvalue weighted by Gasteiger charge is 2.29. The second kappa shape index (κ2) is 6.93. The van der Waals surface area contributed by atoms with Gasteiger partial charge in [-0.1, -0.05) is 35.9 Å². The lowest BCUT2D eigenvalue weighted by atomic mass is 10.1. The summed E-state index contributed by atoms with van der Waals surface area (Å²) in [6.07, 6.45) is 0.229. The third-order valence-electron chi connectivity index (χ3n) is 3.82. The highest BCUT2D eigenvalue weighted by Crippen LogP contribution is 2.31. The van der Waals surface area contributed by atoms with Gasteiger partial charge in [-0.2, -0.15) is 0 Å².